The van der Waals surface area contributed by atoms with Crippen molar-refractivity contribution in [3.8, 4) is 17.6 Å². The van der Waals surface area contributed by atoms with Gasteiger partial charge in [-0.25, -0.2) is 18.0 Å². The number of rotatable bonds is 5. The topological polar surface area (TPSA) is 59.3 Å². The fraction of sp³-hybridized carbons (Fsp3) is 0.176. The molecule has 0 fully saturated rings. The van der Waals surface area contributed by atoms with Crippen molar-refractivity contribution in [1.29, 1.82) is 5.26 Å². The maximum absolute atomic E-state index is 13.9. The molecular formula is C17H12F3NO3. The highest BCUT2D eigenvalue weighted by Gasteiger charge is 2.18. The Morgan fingerprint density at radius 1 is 1.08 bits per heavy atom. The highest BCUT2D eigenvalue weighted by atomic mass is 19.1. The largest absolute Gasteiger partial charge is 0.494 e. The summed E-state index contributed by atoms with van der Waals surface area (Å²) >= 11 is 0. The van der Waals surface area contributed by atoms with Crippen molar-refractivity contribution in [2.24, 2.45) is 0 Å². The van der Waals surface area contributed by atoms with Crippen LogP contribution in [0.15, 0.2) is 30.3 Å². The van der Waals surface area contributed by atoms with E-state index in [1.165, 1.54) is 12.1 Å². The maximum atomic E-state index is 13.9. The SMILES string of the molecule is CCCOc1ccc(C(=O)Oc2cc(F)c(C#N)c(F)c2)c(F)c1. The van der Waals surface area contributed by atoms with Crippen LogP contribution in [0, 0.1) is 28.8 Å². The molecule has 0 saturated carbocycles. The van der Waals surface area contributed by atoms with Crippen LogP contribution < -0.4 is 9.47 Å². The summed E-state index contributed by atoms with van der Waals surface area (Å²) in [7, 11) is 0. The Bertz CT molecular complexity index is 792. The van der Waals surface area contributed by atoms with Gasteiger partial charge in [0, 0.05) is 18.2 Å². The number of esters is 1. The Balaban J connectivity index is 2.20. The average molecular weight is 335 g/mol. The van der Waals surface area contributed by atoms with Crippen LogP contribution in [0.5, 0.6) is 11.5 Å². The predicted molar refractivity (Wildman–Crippen MR) is 78.2 cm³/mol. The Labute approximate surface area is 136 Å². The first-order chi connectivity index (χ1) is 11.5. The molecule has 0 aliphatic rings. The molecule has 0 aromatic heterocycles. The Kier molecular flexibility index (Phi) is 5.42. The number of hydrogen-bond acceptors (Lipinski definition) is 4. The van der Waals surface area contributed by atoms with E-state index in [0.29, 0.717) is 18.7 Å². The van der Waals surface area contributed by atoms with E-state index in [0.717, 1.165) is 18.6 Å². The highest BCUT2D eigenvalue weighted by Crippen LogP contribution is 2.23. The standard InChI is InChI=1S/C17H12F3NO3/c1-2-5-23-10-3-4-12(14(18)6-10)17(22)24-11-7-15(19)13(9-21)16(20)8-11/h3-4,6-8H,2,5H2,1H3. The highest BCUT2D eigenvalue weighted by molar-refractivity contribution is 5.91. The van der Waals surface area contributed by atoms with E-state index in [2.05, 4.69) is 0 Å². The summed E-state index contributed by atoms with van der Waals surface area (Å²) in [4.78, 5) is 11.9. The van der Waals surface area contributed by atoms with E-state index in [4.69, 9.17) is 14.7 Å². The fourth-order valence-corrected chi connectivity index (χ4v) is 1.85. The second-order valence-electron chi connectivity index (χ2n) is 4.75. The summed E-state index contributed by atoms with van der Waals surface area (Å²) in [5.74, 6) is -4.59. The predicted octanol–water partition coefficient (Wildman–Crippen LogP) is 3.98. The molecule has 24 heavy (non-hydrogen) atoms. The molecule has 0 aliphatic carbocycles. The summed E-state index contributed by atoms with van der Waals surface area (Å²) in [5.41, 5.74) is -1.21. The van der Waals surface area contributed by atoms with E-state index < -0.39 is 40.3 Å². The van der Waals surface area contributed by atoms with Gasteiger partial charge in [-0.2, -0.15) is 5.26 Å². The first-order valence-corrected chi connectivity index (χ1v) is 7.00. The number of ether oxygens (including phenoxy) is 2. The van der Waals surface area contributed by atoms with Crippen LogP contribution in [-0.2, 0) is 0 Å². The van der Waals surface area contributed by atoms with Crippen LogP contribution in [-0.4, -0.2) is 12.6 Å². The van der Waals surface area contributed by atoms with Gasteiger partial charge in [-0.05, 0) is 18.6 Å². The van der Waals surface area contributed by atoms with E-state index in [-0.39, 0.29) is 5.75 Å². The summed E-state index contributed by atoms with van der Waals surface area (Å²) in [6, 6.07) is 6.25. The normalized spacial score (nSPS) is 10.1. The number of nitrogens with zero attached hydrogens (tertiary/aromatic N) is 1. The number of carbonyl (C=O) groups is 1. The van der Waals surface area contributed by atoms with Gasteiger partial charge in [-0.3, -0.25) is 0 Å². The second-order valence-corrected chi connectivity index (χ2v) is 4.75. The van der Waals surface area contributed by atoms with Crippen molar-refractivity contribution in [2.75, 3.05) is 6.61 Å². The first kappa shape index (κ1) is 17.3. The third-order valence-corrected chi connectivity index (χ3v) is 2.97. The second kappa shape index (κ2) is 7.51. The maximum Gasteiger partial charge on any atom is 0.346 e. The molecule has 0 N–H and O–H groups in total. The van der Waals surface area contributed by atoms with Crippen molar-refractivity contribution >= 4 is 5.97 Å². The smallest absolute Gasteiger partial charge is 0.346 e. The molecule has 0 amide bonds. The summed E-state index contributed by atoms with van der Waals surface area (Å²) in [5, 5.41) is 8.57. The zero-order chi connectivity index (χ0) is 17.7. The summed E-state index contributed by atoms with van der Waals surface area (Å²) in [6.07, 6.45) is 0.737. The van der Waals surface area contributed by atoms with Gasteiger partial charge < -0.3 is 9.47 Å². The van der Waals surface area contributed by atoms with Gasteiger partial charge in [0.15, 0.2) is 0 Å². The lowest BCUT2D eigenvalue weighted by atomic mass is 10.2. The molecule has 2 rings (SSSR count). The third kappa shape index (κ3) is 3.84. The van der Waals surface area contributed by atoms with Crippen LogP contribution in [0.3, 0.4) is 0 Å². The molecule has 2 aromatic carbocycles. The van der Waals surface area contributed by atoms with Crippen molar-refractivity contribution in [3.05, 3.63) is 58.9 Å². The van der Waals surface area contributed by atoms with Gasteiger partial charge in [0.25, 0.3) is 0 Å². The van der Waals surface area contributed by atoms with Gasteiger partial charge in [-0.1, -0.05) is 6.92 Å². The van der Waals surface area contributed by atoms with Gasteiger partial charge >= 0.3 is 5.97 Å². The van der Waals surface area contributed by atoms with Crippen LogP contribution in [0.25, 0.3) is 0 Å². The minimum Gasteiger partial charge on any atom is -0.494 e. The van der Waals surface area contributed by atoms with E-state index in [1.54, 1.807) is 0 Å². The van der Waals surface area contributed by atoms with Gasteiger partial charge in [0.1, 0.15) is 40.6 Å². The molecule has 0 aliphatic heterocycles. The number of benzene rings is 2. The van der Waals surface area contributed by atoms with E-state index >= 15 is 0 Å². The van der Waals surface area contributed by atoms with E-state index in [9.17, 15) is 18.0 Å². The van der Waals surface area contributed by atoms with Crippen molar-refractivity contribution in [3.63, 3.8) is 0 Å². The number of carbonyl (C=O) groups excluding carboxylic acids is 1. The Morgan fingerprint density at radius 2 is 1.71 bits per heavy atom. The van der Waals surface area contributed by atoms with Gasteiger partial charge in [0.05, 0.1) is 12.2 Å². The number of halogens is 3. The Hall–Kier alpha value is -3.01. The van der Waals surface area contributed by atoms with Crippen LogP contribution in [0.4, 0.5) is 13.2 Å². The quantitative estimate of drug-likeness (QED) is 0.612. The molecule has 0 unspecified atom stereocenters. The zero-order valence-corrected chi connectivity index (χ0v) is 12.6. The molecule has 7 heteroatoms. The molecule has 0 heterocycles. The van der Waals surface area contributed by atoms with Crippen molar-refractivity contribution in [1.82, 2.24) is 0 Å². The molecule has 124 valence electrons. The van der Waals surface area contributed by atoms with Crippen LogP contribution in [0.2, 0.25) is 0 Å². The summed E-state index contributed by atoms with van der Waals surface area (Å²) in [6.45, 7) is 2.28. The third-order valence-electron chi connectivity index (χ3n) is 2.97. The fourth-order valence-electron chi connectivity index (χ4n) is 1.85. The molecule has 0 bridgehead atoms. The lowest BCUT2D eigenvalue weighted by Gasteiger charge is -2.08. The average Bonchev–Trinajstić information content (AvgIpc) is 2.52. The molecule has 0 atom stereocenters. The lowest BCUT2D eigenvalue weighted by Crippen LogP contribution is -2.11. The van der Waals surface area contributed by atoms with E-state index in [1.807, 2.05) is 6.92 Å². The Morgan fingerprint density at radius 3 is 2.25 bits per heavy atom. The van der Waals surface area contributed by atoms with Crippen molar-refractivity contribution < 1.29 is 27.4 Å². The van der Waals surface area contributed by atoms with Gasteiger partial charge in [-0.15, -0.1) is 0 Å². The molecular weight excluding hydrogens is 323 g/mol. The molecule has 4 nitrogen and oxygen atoms in total. The van der Waals surface area contributed by atoms with Crippen molar-refractivity contribution in [2.45, 2.75) is 13.3 Å². The summed E-state index contributed by atoms with van der Waals surface area (Å²) < 4.78 is 50.9. The molecule has 0 radical (unpaired) electrons. The first-order valence-electron chi connectivity index (χ1n) is 7.00. The minimum absolute atomic E-state index is 0.251. The number of hydrogen-bond donors (Lipinski definition) is 0. The molecule has 2 aromatic rings. The lowest BCUT2D eigenvalue weighted by molar-refractivity contribution is 0.0729. The zero-order valence-electron chi connectivity index (χ0n) is 12.6. The molecule has 0 saturated heterocycles. The minimum atomic E-state index is -1.18. The molecule has 0 spiro atoms. The number of nitriles is 1. The van der Waals surface area contributed by atoms with Crippen LogP contribution >= 0.6 is 0 Å². The monoisotopic (exact) mass is 335 g/mol. The van der Waals surface area contributed by atoms with Crippen LogP contribution in [0.1, 0.15) is 29.3 Å². The van der Waals surface area contributed by atoms with Gasteiger partial charge in [0.2, 0.25) is 0 Å².